The van der Waals surface area contributed by atoms with E-state index in [0.717, 1.165) is 52.1 Å². The van der Waals surface area contributed by atoms with Gasteiger partial charge in [0.05, 0.1) is 29.6 Å². The van der Waals surface area contributed by atoms with Crippen molar-refractivity contribution in [1.29, 1.82) is 0 Å². The summed E-state index contributed by atoms with van der Waals surface area (Å²) < 4.78 is 0. The average molecular weight is 424 g/mol. The molecular weight excluding hydrogens is 404 g/mol. The first-order chi connectivity index (χ1) is 14.2. The number of nitrogens with two attached hydrogens (primary N) is 1. The van der Waals surface area contributed by atoms with Gasteiger partial charge < -0.3 is 10.2 Å². The second-order valence-electron chi connectivity index (χ2n) is 7.31. The van der Waals surface area contributed by atoms with E-state index in [1.165, 1.54) is 12.8 Å². The van der Waals surface area contributed by atoms with Crippen molar-refractivity contribution in [3.05, 3.63) is 53.3 Å². The van der Waals surface area contributed by atoms with Crippen molar-refractivity contribution in [2.45, 2.75) is 19.3 Å². The molecule has 0 unspecified atom stereocenters. The van der Waals surface area contributed by atoms with Gasteiger partial charge in [0.25, 0.3) is 0 Å². The topological polar surface area (TPSA) is 70.6 Å². The Morgan fingerprint density at radius 3 is 2.72 bits per heavy atom. The van der Waals surface area contributed by atoms with E-state index in [-0.39, 0.29) is 0 Å². The summed E-state index contributed by atoms with van der Waals surface area (Å²) in [6, 6.07) is 9.86. The smallest absolute Gasteiger partial charge is 0.227 e. The Kier molecular flexibility index (Phi) is 4.87. The van der Waals surface area contributed by atoms with Gasteiger partial charge in [-0.05, 0) is 49.3 Å². The van der Waals surface area contributed by atoms with Crippen molar-refractivity contribution < 1.29 is 5.32 Å². The van der Waals surface area contributed by atoms with Gasteiger partial charge in [0, 0.05) is 35.9 Å². The number of halogens is 1. The molecule has 3 N–H and O–H groups in total. The summed E-state index contributed by atoms with van der Waals surface area (Å²) in [5.74, 6) is 1.55. The highest BCUT2D eigenvalue weighted by molar-refractivity contribution is 7.79. The monoisotopic (exact) mass is 423 g/mol. The van der Waals surface area contributed by atoms with Crippen molar-refractivity contribution in [3.63, 3.8) is 0 Å². The molecule has 6 nitrogen and oxygen atoms in total. The first-order valence-corrected chi connectivity index (χ1v) is 10.5. The molecule has 2 aliphatic rings. The fraction of sp³-hybridized carbons (Fsp3) is 0.238. The number of nitrogens with one attached hydrogen (secondary N) is 1. The van der Waals surface area contributed by atoms with Crippen LogP contribution in [0.15, 0.2) is 42.7 Å². The van der Waals surface area contributed by atoms with Crippen molar-refractivity contribution >= 4 is 51.9 Å². The van der Waals surface area contributed by atoms with Crippen molar-refractivity contribution in [2.24, 2.45) is 0 Å². The predicted molar refractivity (Wildman–Crippen MR) is 119 cm³/mol. The molecule has 0 bridgehead atoms. The van der Waals surface area contributed by atoms with E-state index in [1.807, 2.05) is 48.0 Å². The first-order valence-electron chi connectivity index (χ1n) is 9.67. The van der Waals surface area contributed by atoms with Gasteiger partial charge in [0.15, 0.2) is 4.99 Å². The van der Waals surface area contributed by atoms with E-state index in [2.05, 4.69) is 20.2 Å². The average Bonchev–Trinajstić information content (AvgIpc) is 3.20. The Morgan fingerprint density at radius 1 is 1.07 bits per heavy atom. The molecule has 5 rings (SSSR count). The zero-order valence-corrected chi connectivity index (χ0v) is 17.3. The number of hydrogen-bond donors (Lipinski definition) is 2. The summed E-state index contributed by atoms with van der Waals surface area (Å²) in [4.78, 5) is 17.0. The summed E-state index contributed by atoms with van der Waals surface area (Å²) in [6.07, 6.45) is 6.79. The first kappa shape index (κ1) is 18.4. The fourth-order valence-electron chi connectivity index (χ4n) is 3.83. The molecule has 0 radical (unpaired) electrons. The molecular formula is C21H20ClN6S+. The van der Waals surface area contributed by atoms with Crippen LogP contribution < -0.4 is 15.5 Å². The van der Waals surface area contributed by atoms with Gasteiger partial charge >= 0.3 is 0 Å². The lowest BCUT2D eigenvalue weighted by molar-refractivity contribution is -0.440. The maximum absolute atomic E-state index is 6.18. The normalized spacial score (nSPS) is 15.6. The van der Waals surface area contributed by atoms with Crippen LogP contribution in [0.5, 0.6) is 0 Å². The third-order valence-corrected chi connectivity index (χ3v) is 5.75. The van der Waals surface area contributed by atoms with E-state index >= 15 is 0 Å². The Bertz CT molecular complexity index is 1080. The van der Waals surface area contributed by atoms with Crippen LogP contribution in [-0.2, 0) is 6.42 Å². The minimum atomic E-state index is 0.535. The molecule has 0 saturated carbocycles. The SMILES string of the molecule is S=C1Cc2cnc(Nc3ccc(N4CCCC4)nc3)nc2-c2ccc(Cl)cc2[NH2+]1. The van der Waals surface area contributed by atoms with E-state index in [9.17, 15) is 0 Å². The van der Waals surface area contributed by atoms with E-state index in [4.69, 9.17) is 28.8 Å². The van der Waals surface area contributed by atoms with Crippen LogP contribution >= 0.6 is 23.8 Å². The number of rotatable bonds is 3. The molecule has 0 spiro atoms. The van der Waals surface area contributed by atoms with E-state index in [1.54, 1.807) is 0 Å². The Hall–Kier alpha value is -2.61. The van der Waals surface area contributed by atoms with Gasteiger partial charge in [-0.15, -0.1) is 0 Å². The van der Waals surface area contributed by atoms with Gasteiger partial charge in [-0.2, -0.15) is 0 Å². The lowest BCUT2D eigenvalue weighted by atomic mass is 10.1. The maximum Gasteiger partial charge on any atom is 0.227 e. The number of hydrogen-bond acceptors (Lipinski definition) is 6. The number of fused-ring (bicyclic) bond motifs is 3. The number of aromatic nitrogens is 3. The summed E-state index contributed by atoms with van der Waals surface area (Å²) in [5, 5.41) is 5.95. The second kappa shape index (κ2) is 7.67. The zero-order valence-electron chi connectivity index (χ0n) is 15.7. The highest BCUT2D eigenvalue weighted by Gasteiger charge is 2.23. The summed E-state index contributed by atoms with van der Waals surface area (Å²) >= 11 is 11.7. The molecule has 2 aromatic heterocycles. The lowest BCUT2D eigenvalue weighted by Gasteiger charge is -2.16. The molecule has 2 aliphatic heterocycles. The van der Waals surface area contributed by atoms with Gasteiger partial charge in [-0.3, -0.25) is 5.32 Å². The highest BCUT2D eigenvalue weighted by atomic mass is 35.5. The van der Waals surface area contributed by atoms with Crippen molar-refractivity contribution in [1.82, 2.24) is 15.0 Å². The van der Waals surface area contributed by atoms with E-state index < -0.39 is 0 Å². The minimum Gasteiger partial charge on any atom is -0.357 e. The van der Waals surface area contributed by atoms with Crippen LogP contribution in [0.25, 0.3) is 11.3 Å². The van der Waals surface area contributed by atoms with E-state index in [0.29, 0.717) is 17.4 Å². The molecule has 3 aromatic rings. The maximum atomic E-state index is 6.18. The van der Waals surface area contributed by atoms with Gasteiger partial charge in [0.2, 0.25) is 5.95 Å². The van der Waals surface area contributed by atoms with Gasteiger partial charge in [-0.25, -0.2) is 15.0 Å². The molecule has 0 atom stereocenters. The van der Waals surface area contributed by atoms with Crippen LogP contribution in [0, 0.1) is 0 Å². The zero-order chi connectivity index (χ0) is 19.8. The molecule has 146 valence electrons. The van der Waals surface area contributed by atoms with Crippen LogP contribution in [0.1, 0.15) is 18.4 Å². The molecule has 1 fully saturated rings. The lowest BCUT2D eigenvalue weighted by Crippen LogP contribution is -2.81. The number of nitrogens with zero attached hydrogens (tertiary/aromatic N) is 4. The molecule has 1 saturated heterocycles. The molecule has 29 heavy (non-hydrogen) atoms. The Labute approximate surface area is 179 Å². The van der Waals surface area contributed by atoms with Crippen LogP contribution in [0.2, 0.25) is 5.02 Å². The third-order valence-electron chi connectivity index (χ3n) is 5.25. The standard InChI is InChI=1S/C21H19ClN6S/c22-14-3-5-16-17(10-14)26-19(29)9-13-11-24-21(27-20(13)16)25-15-4-6-18(23-12-15)28-7-1-2-8-28/h3-6,10-12H,1-2,7-9H2,(H,26,29)(H,24,25,27)/p+1. The Morgan fingerprint density at radius 2 is 1.93 bits per heavy atom. The number of pyridine rings is 1. The van der Waals surface area contributed by atoms with Gasteiger partial charge in [0.1, 0.15) is 11.5 Å². The third kappa shape index (κ3) is 3.81. The summed E-state index contributed by atoms with van der Waals surface area (Å²) in [6.45, 7) is 2.16. The summed E-state index contributed by atoms with van der Waals surface area (Å²) in [5.41, 5.74) is 4.76. The number of quaternary nitrogens is 1. The van der Waals surface area contributed by atoms with Crippen LogP contribution in [0.4, 0.5) is 23.1 Å². The Balaban J connectivity index is 1.44. The number of anilines is 3. The molecule has 4 heterocycles. The number of thiocarbonyl (C=S) groups is 1. The largest absolute Gasteiger partial charge is 0.357 e. The minimum absolute atomic E-state index is 0.535. The van der Waals surface area contributed by atoms with Crippen molar-refractivity contribution in [2.75, 3.05) is 23.3 Å². The summed E-state index contributed by atoms with van der Waals surface area (Å²) in [7, 11) is 0. The molecule has 1 aromatic carbocycles. The van der Waals surface area contributed by atoms with Crippen LogP contribution in [-0.4, -0.2) is 33.0 Å². The van der Waals surface area contributed by atoms with Crippen molar-refractivity contribution in [3.8, 4) is 11.3 Å². The van der Waals surface area contributed by atoms with Crippen LogP contribution in [0.3, 0.4) is 0 Å². The second-order valence-corrected chi connectivity index (χ2v) is 8.27. The number of benzene rings is 1. The molecule has 0 aliphatic carbocycles. The fourth-order valence-corrected chi connectivity index (χ4v) is 4.30. The predicted octanol–water partition coefficient (Wildman–Crippen LogP) is 3.61. The highest BCUT2D eigenvalue weighted by Crippen LogP contribution is 2.32. The quantitative estimate of drug-likeness (QED) is 0.495. The molecule has 0 amide bonds. The molecule has 8 heteroatoms. The van der Waals surface area contributed by atoms with Gasteiger partial charge in [-0.1, -0.05) is 11.6 Å².